The lowest BCUT2D eigenvalue weighted by Gasteiger charge is -2.07. The molecule has 0 spiro atoms. The number of thiazole rings is 1. The third-order valence-electron chi connectivity index (χ3n) is 3.74. The highest BCUT2D eigenvalue weighted by atomic mass is 32.2. The maximum absolute atomic E-state index is 12.2. The smallest absolute Gasteiger partial charge is 0.240 e. The Kier molecular flexibility index (Phi) is 4.61. The highest BCUT2D eigenvalue weighted by Gasteiger charge is 2.30. The standard InChI is InChI=1S/C16H18N2O3S2/c1-11-18-14(10-22-11)8-9-17-23(20,21)15-6-4-13(5-7-15)16(19)12-2-3-12/h4-7,10,12,17H,2-3,8-9H2,1H3. The predicted octanol–water partition coefficient (Wildman–Crippen LogP) is 2.57. The van der Waals surface area contributed by atoms with Gasteiger partial charge in [0.05, 0.1) is 15.6 Å². The Hall–Kier alpha value is -1.57. The number of sulfonamides is 1. The molecule has 1 fully saturated rings. The summed E-state index contributed by atoms with van der Waals surface area (Å²) in [7, 11) is -3.56. The van der Waals surface area contributed by atoms with Crippen molar-refractivity contribution in [2.75, 3.05) is 6.54 Å². The van der Waals surface area contributed by atoms with Crippen LogP contribution in [-0.2, 0) is 16.4 Å². The molecular formula is C16H18N2O3S2. The maximum atomic E-state index is 12.2. The maximum Gasteiger partial charge on any atom is 0.240 e. The summed E-state index contributed by atoms with van der Waals surface area (Å²) in [5, 5.41) is 2.90. The SMILES string of the molecule is Cc1nc(CCNS(=O)(=O)c2ccc(C(=O)C3CC3)cc2)cs1. The van der Waals surface area contributed by atoms with Crippen molar-refractivity contribution in [1.82, 2.24) is 9.71 Å². The minimum absolute atomic E-state index is 0.112. The first-order valence-electron chi connectivity index (χ1n) is 7.51. The zero-order valence-corrected chi connectivity index (χ0v) is 14.4. The summed E-state index contributed by atoms with van der Waals surface area (Å²) in [5.41, 5.74) is 1.48. The summed E-state index contributed by atoms with van der Waals surface area (Å²) in [6, 6.07) is 6.17. The Balaban J connectivity index is 1.61. The van der Waals surface area contributed by atoms with E-state index < -0.39 is 10.0 Å². The van der Waals surface area contributed by atoms with Crippen LogP contribution in [-0.4, -0.2) is 25.7 Å². The van der Waals surface area contributed by atoms with Crippen molar-refractivity contribution in [3.05, 3.63) is 45.9 Å². The fourth-order valence-electron chi connectivity index (χ4n) is 2.30. The molecule has 7 heteroatoms. The van der Waals surface area contributed by atoms with Gasteiger partial charge in [-0.15, -0.1) is 11.3 Å². The van der Waals surface area contributed by atoms with Crippen LogP contribution in [0.4, 0.5) is 0 Å². The van der Waals surface area contributed by atoms with Crippen LogP contribution < -0.4 is 4.72 Å². The van der Waals surface area contributed by atoms with Gasteiger partial charge in [-0.3, -0.25) is 4.79 Å². The van der Waals surface area contributed by atoms with E-state index in [-0.39, 0.29) is 16.6 Å². The van der Waals surface area contributed by atoms with Crippen molar-refractivity contribution in [2.45, 2.75) is 31.1 Å². The van der Waals surface area contributed by atoms with Gasteiger partial charge in [-0.1, -0.05) is 12.1 Å². The van der Waals surface area contributed by atoms with Crippen LogP contribution in [0.25, 0.3) is 0 Å². The number of hydrogen-bond donors (Lipinski definition) is 1. The largest absolute Gasteiger partial charge is 0.294 e. The minimum Gasteiger partial charge on any atom is -0.294 e. The fourth-order valence-corrected chi connectivity index (χ4v) is 3.98. The average molecular weight is 350 g/mol. The van der Waals surface area contributed by atoms with Gasteiger partial charge in [-0.2, -0.15) is 0 Å². The van der Waals surface area contributed by atoms with Crippen LogP contribution in [0, 0.1) is 12.8 Å². The summed E-state index contributed by atoms with van der Waals surface area (Å²) in [6.45, 7) is 2.22. The van der Waals surface area contributed by atoms with Gasteiger partial charge in [-0.25, -0.2) is 18.1 Å². The number of aryl methyl sites for hydroxylation is 1. The lowest BCUT2D eigenvalue weighted by atomic mass is 10.1. The number of ketones is 1. The molecule has 1 N–H and O–H groups in total. The van der Waals surface area contributed by atoms with Gasteiger partial charge in [0.2, 0.25) is 10.0 Å². The van der Waals surface area contributed by atoms with Gasteiger partial charge in [0.15, 0.2) is 5.78 Å². The van der Waals surface area contributed by atoms with E-state index in [2.05, 4.69) is 9.71 Å². The highest BCUT2D eigenvalue weighted by Crippen LogP contribution is 2.32. The Morgan fingerprint density at radius 3 is 2.57 bits per heavy atom. The number of aromatic nitrogens is 1. The molecule has 0 amide bonds. The number of hydrogen-bond acceptors (Lipinski definition) is 5. The van der Waals surface area contributed by atoms with E-state index in [0.717, 1.165) is 23.5 Å². The van der Waals surface area contributed by atoms with E-state index in [0.29, 0.717) is 18.5 Å². The molecule has 0 unspecified atom stereocenters. The van der Waals surface area contributed by atoms with Gasteiger partial charge in [-0.05, 0) is 31.9 Å². The summed E-state index contributed by atoms with van der Waals surface area (Å²) in [5.74, 6) is 0.248. The zero-order valence-electron chi connectivity index (χ0n) is 12.8. The van der Waals surface area contributed by atoms with Crippen molar-refractivity contribution >= 4 is 27.1 Å². The van der Waals surface area contributed by atoms with Crippen LogP contribution in [0.2, 0.25) is 0 Å². The average Bonchev–Trinajstić information content (AvgIpc) is 3.30. The monoisotopic (exact) mass is 350 g/mol. The molecule has 5 nitrogen and oxygen atoms in total. The third kappa shape index (κ3) is 4.04. The number of nitrogens with one attached hydrogen (secondary N) is 1. The molecule has 0 atom stereocenters. The fraction of sp³-hybridized carbons (Fsp3) is 0.375. The van der Waals surface area contributed by atoms with Crippen LogP contribution in [0.15, 0.2) is 34.5 Å². The highest BCUT2D eigenvalue weighted by molar-refractivity contribution is 7.89. The summed E-state index contributed by atoms with van der Waals surface area (Å²) >= 11 is 1.55. The predicted molar refractivity (Wildman–Crippen MR) is 89.2 cm³/mol. The molecule has 122 valence electrons. The van der Waals surface area contributed by atoms with Gasteiger partial charge >= 0.3 is 0 Å². The van der Waals surface area contributed by atoms with E-state index in [4.69, 9.17) is 0 Å². The molecule has 0 aliphatic heterocycles. The second-order valence-electron chi connectivity index (χ2n) is 5.67. The molecule has 3 rings (SSSR count). The molecule has 23 heavy (non-hydrogen) atoms. The Labute approximate surface area is 139 Å². The number of carbonyl (C=O) groups excluding carboxylic acids is 1. The molecular weight excluding hydrogens is 332 g/mol. The number of nitrogens with zero attached hydrogens (tertiary/aromatic N) is 1. The number of Topliss-reactive ketones (excluding diaryl/α,β-unsaturated/α-hetero) is 1. The molecule has 1 aromatic carbocycles. The minimum atomic E-state index is -3.56. The number of benzene rings is 1. The molecule has 0 bridgehead atoms. The number of rotatable bonds is 7. The van der Waals surface area contributed by atoms with E-state index in [9.17, 15) is 13.2 Å². The molecule has 1 saturated carbocycles. The van der Waals surface area contributed by atoms with Crippen molar-refractivity contribution in [1.29, 1.82) is 0 Å². The molecule has 1 aliphatic rings. The molecule has 0 radical (unpaired) electrons. The first-order valence-corrected chi connectivity index (χ1v) is 9.87. The topological polar surface area (TPSA) is 76.1 Å². The van der Waals surface area contributed by atoms with Crippen LogP contribution in [0.3, 0.4) is 0 Å². The lowest BCUT2D eigenvalue weighted by Crippen LogP contribution is -2.26. The molecule has 1 aromatic heterocycles. The van der Waals surface area contributed by atoms with Gasteiger partial charge in [0, 0.05) is 29.8 Å². The van der Waals surface area contributed by atoms with E-state index in [1.54, 1.807) is 23.5 Å². The molecule has 0 saturated heterocycles. The van der Waals surface area contributed by atoms with E-state index in [1.165, 1.54) is 12.1 Å². The summed E-state index contributed by atoms with van der Waals surface area (Å²) in [4.78, 5) is 16.4. The first-order chi connectivity index (χ1) is 11.0. The normalized spacial score (nSPS) is 14.8. The summed E-state index contributed by atoms with van der Waals surface area (Å²) in [6.07, 6.45) is 2.44. The summed E-state index contributed by atoms with van der Waals surface area (Å²) < 4.78 is 27.1. The van der Waals surface area contributed by atoms with Crippen LogP contribution >= 0.6 is 11.3 Å². The van der Waals surface area contributed by atoms with Crippen LogP contribution in [0.1, 0.15) is 33.9 Å². The number of carbonyl (C=O) groups is 1. The first kappa shape index (κ1) is 16.3. The molecule has 1 aliphatic carbocycles. The molecule has 1 heterocycles. The second kappa shape index (κ2) is 6.51. The van der Waals surface area contributed by atoms with Crippen molar-refractivity contribution in [2.24, 2.45) is 5.92 Å². The second-order valence-corrected chi connectivity index (χ2v) is 8.50. The van der Waals surface area contributed by atoms with E-state index in [1.807, 2.05) is 12.3 Å². The van der Waals surface area contributed by atoms with Gasteiger partial charge in [0.25, 0.3) is 0 Å². The van der Waals surface area contributed by atoms with Crippen LogP contribution in [0.5, 0.6) is 0 Å². The molecule has 2 aromatic rings. The van der Waals surface area contributed by atoms with Gasteiger partial charge < -0.3 is 0 Å². The Bertz CT molecular complexity index is 806. The van der Waals surface area contributed by atoms with Crippen molar-refractivity contribution in [3.8, 4) is 0 Å². The van der Waals surface area contributed by atoms with Crippen molar-refractivity contribution in [3.63, 3.8) is 0 Å². The van der Waals surface area contributed by atoms with Crippen molar-refractivity contribution < 1.29 is 13.2 Å². The van der Waals surface area contributed by atoms with Gasteiger partial charge in [0.1, 0.15) is 0 Å². The Morgan fingerprint density at radius 1 is 1.30 bits per heavy atom. The third-order valence-corrected chi connectivity index (χ3v) is 6.04. The van der Waals surface area contributed by atoms with E-state index >= 15 is 0 Å². The Morgan fingerprint density at radius 2 is 2.00 bits per heavy atom. The lowest BCUT2D eigenvalue weighted by molar-refractivity contribution is 0.0967. The quantitative estimate of drug-likeness (QED) is 0.779. The zero-order chi connectivity index (χ0) is 16.4.